The van der Waals surface area contributed by atoms with Crippen LogP contribution in [0.3, 0.4) is 0 Å². The number of ether oxygens (including phenoxy) is 1. The molecule has 0 aromatic heterocycles. The van der Waals surface area contributed by atoms with Crippen molar-refractivity contribution in [2.75, 3.05) is 6.61 Å². The molecule has 1 aromatic rings. The average molecular weight is 283 g/mol. The maximum Gasteiger partial charge on any atom is 0.341 e. The second kappa shape index (κ2) is 7.65. The van der Waals surface area contributed by atoms with Crippen LogP contribution >= 0.6 is 35.8 Å². The number of thiol groups is 1. The van der Waals surface area contributed by atoms with Gasteiger partial charge in [-0.1, -0.05) is 37.0 Å². The van der Waals surface area contributed by atoms with Gasteiger partial charge < -0.3 is 9.84 Å². The molecule has 0 radical (unpaired) electrons. The monoisotopic (exact) mass is 282 g/mol. The molecule has 0 bridgehead atoms. The Bertz CT molecular complexity index is 346. The highest BCUT2D eigenvalue weighted by molar-refractivity contribution is 7.80. The molecule has 0 aliphatic rings. The summed E-state index contributed by atoms with van der Waals surface area (Å²) in [5, 5.41) is 9.00. The average Bonchev–Trinajstić information content (AvgIpc) is 2.25. The third kappa shape index (κ3) is 4.96. The normalized spacial score (nSPS) is 9.06. The quantitative estimate of drug-likeness (QED) is 0.830. The van der Waals surface area contributed by atoms with E-state index in [9.17, 15) is 4.79 Å². The van der Waals surface area contributed by atoms with Crippen LogP contribution in [0.2, 0.25) is 10.0 Å². The molecule has 6 heteroatoms. The Morgan fingerprint density at radius 3 is 2.19 bits per heavy atom. The van der Waals surface area contributed by atoms with Gasteiger partial charge in [0.15, 0.2) is 6.61 Å². The van der Waals surface area contributed by atoms with E-state index in [0.717, 1.165) is 0 Å². The molecule has 0 atom stereocenters. The Kier molecular flexibility index (Phi) is 7.38. The molecule has 1 rings (SSSR count). The standard InChI is InChI=1S/C8H6Cl2O3S.C2H6/c9-5-1-4(13-3-7(11)12)2-6(10)8(5)14;1-2/h1-2,14H,3H2,(H,11,12);1-2H3. The fraction of sp³-hybridized carbons (Fsp3) is 0.300. The topological polar surface area (TPSA) is 46.5 Å². The minimum Gasteiger partial charge on any atom is -0.482 e. The Hall–Kier alpha value is -0.580. The fourth-order valence-electron chi connectivity index (χ4n) is 0.771. The second-order valence-electron chi connectivity index (χ2n) is 2.42. The Labute approximate surface area is 110 Å². The van der Waals surface area contributed by atoms with Crippen molar-refractivity contribution in [3.8, 4) is 5.75 Å². The van der Waals surface area contributed by atoms with Crippen molar-refractivity contribution in [2.24, 2.45) is 0 Å². The number of hydrogen-bond acceptors (Lipinski definition) is 3. The van der Waals surface area contributed by atoms with Crippen LogP contribution in [-0.2, 0) is 4.79 Å². The fourth-order valence-corrected chi connectivity index (χ4v) is 1.37. The van der Waals surface area contributed by atoms with Crippen molar-refractivity contribution in [2.45, 2.75) is 18.7 Å². The first-order valence-electron chi connectivity index (χ1n) is 4.53. The largest absolute Gasteiger partial charge is 0.482 e. The van der Waals surface area contributed by atoms with Gasteiger partial charge in [-0.25, -0.2) is 4.79 Å². The van der Waals surface area contributed by atoms with Crippen LogP contribution in [0.5, 0.6) is 5.75 Å². The van der Waals surface area contributed by atoms with E-state index in [1.807, 2.05) is 13.8 Å². The van der Waals surface area contributed by atoms with Gasteiger partial charge in [0.25, 0.3) is 0 Å². The van der Waals surface area contributed by atoms with Crippen molar-refractivity contribution in [3.63, 3.8) is 0 Å². The molecular formula is C10H12Cl2O3S. The Balaban J connectivity index is 0.00000106. The van der Waals surface area contributed by atoms with Gasteiger partial charge in [-0.3, -0.25) is 0 Å². The van der Waals surface area contributed by atoms with Crippen LogP contribution in [0.4, 0.5) is 0 Å². The van der Waals surface area contributed by atoms with Crippen LogP contribution in [0.1, 0.15) is 13.8 Å². The van der Waals surface area contributed by atoms with Gasteiger partial charge in [0.1, 0.15) is 5.75 Å². The summed E-state index contributed by atoms with van der Waals surface area (Å²) in [5.74, 6) is -0.757. The highest BCUT2D eigenvalue weighted by Crippen LogP contribution is 2.32. The first-order valence-corrected chi connectivity index (χ1v) is 5.73. The lowest BCUT2D eigenvalue weighted by atomic mass is 10.3. The van der Waals surface area contributed by atoms with Gasteiger partial charge in [-0.05, 0) is 0 Å². The summed E-state index contributed by atoms with van der Waals surface area (Å²) in [6.45, 7) is 3.57. The van der Waals surface area contributed by atoms with Gasteiger partial charge in [-0.2, -0.15) is 0 Å². The van der Waals surface area contributed by atoms with E-state index < -0.39 is 12.6 Å². The molecular weight excluding hydrogens is 271 g/mol. The van der Waals surface area contributed by atoms with E-state index in [4.69, 9.17) is 33.0 Å². The van der Waals surface area contributed by atoms with E-state index in [2.05, 4.69) is 12.6 Å². The molecule has 0 saturated heterocycles. The summed E-state index contributed by atoms with van der Waals surface area (Å²) >= 11 is 15.5. The summed E-state index contributed by atoms with van der Waals surface area (Å²) in [4.78, 5) is 10.6. The summed E-state index contributed by atoms with van der Waals surface area (Å²) in [6.07, 6.45) is 0. The van der Waals surface area contributed by atoms with Crippen molar-refractivity contribution in [1.82, 2.24) is 0 Å². The second-order valence-corrected chi connectivity index (χ2v) is 3.68. The molecule has 0 spiro atoms. The van der Waals surface area contributed by atoms with Crippen LogP contribution < -0.4 is 4.74 Å². The molecule has 0 aliphatic carbocycles. The maximum atomic E-state index is 10.2. The van der Waals surface area contributed by atoms with Gasteiger partial charge in [0.05, 0.1) is 10.0 Å². The lowest BCUT2D eigenvalue weighted by Gasteiger charge is -2.06. The summed E-state index contributed by atoms with van der Waals surface area (Å²) in [5.41, 5.74) is 0. The molecule has 1 aromatic carbocycles. The molecule has 0 heterocycles. The van der Waals surface area contributed by atoms with E-state index in [0.29, 0.717) is 20.7 Å². The molecule has 16 heavy (non-hydrogen) atoms. The maximum absolute atomic E-state index is 10.2. The zero-order valence-corrected chi connectivity index (χ0v) is 11.2. The number of benzene rings is 1. The lowest BCUT2D eigenvalue weighted by Crippen LogP contribution is -2.09. The van der Waals surface area contributed by atoms with Gasteiger partial charge in [-0.15, -0.1) is 12.6 Å². The zero-order valence-electron chi connectivity index (χ0n) is 8.83. The number of carboxylic acids is 1. The highest BCUT2D eigenvalue weighted by Gasteiger charge is 2.06. The minimum atomic E-state index is -1.06. The van der Waals surface area contributed by atoms with Gasteiger partial charge in [0.2, 0.25) is 0 Å². The number of aliphatic carboxylic acids is 1. The first kappa shape index (κ1) is 15.4. The molecule has 0 fully saturated rings. The van der Waals surface area contributed by atoms with Gasteiger partial charge in [0, 0.05) is 17.0 Å². The number of carboxylic acid groups (broad SMARTS) is 1. The van der Waals surface area contributed by atoms with Crippen LogP contribution in [0.25, 0.3) is 0 Å². The number of rotatable bonds is 3. The van der Waals surface area contributed by atoms with Crippen LogP contribution in [0.15, 0.2) is 17.0 Å². The molecule has 0 saturated carbocycles. The van der Waals surface area contributed by atoms with Crippen LogP contribution in [-0.4, -0.2) is 17.7 Å². The van der Waals surface area contributed by atoms with Crippen molar-refractivity contribution in [3.05, 3.63) is 22.2 Å². The van der Waals surface area contributed by atoms with E-state index in [1.54, 1.807) is 0 Å². The number of carbonyl (C=O) groups is 1. The summed E-state index contributed by atoms with van der Waals surface area (Å²) in [6, 6.07) is 2.91. The third-order valence-electron chi connectivity index (χ3n) is 1.35. The van der Waals surface area contributed by atoms with Crippen molar-refractivity contribution in [1.29, 1.82) is 0 Å². The molecule has 90 valence electrons. The predicted octanol–water partition coefficient (Wildman–Crippen LogP) is 3.77. The van der Waals surface area contributed by atoms with Crippen molar-refractivity contribution >= 4 is 41.8 Å². The molecule has 0 unspecified atom stereocenters. The minimum absolute atomic E-state index is 0.306. The lowest BCUT2D eigenvalue weighted by molar-refractivity contribution is -0.139. The van der Waals surface area contributed by atoms with E-state index in [1.165, 1.54) is 12.1 Å². The SMILES string of the molecule is CC.O=C(O)COc1cc(Cl)c(S)c(Cl)c1. The smallest absolute Gasteiger partial charge is 0.341 e. The van der Waals surface area contributed by atoms with Crippen LogP contribution in [0, 0.1) is 0 Å². The Morgan fingerprint density at radius 1 is 1.38 bits per heavy atom. The molecule has 0 amide bonds. The number of hydrogen-bond donors (Lipinski definition) is 2. The first-order chi connectivity index (χ1) is 7.50. The molecule has 3 nitrogen and oxygen atoms in total. The number of halogens is 2. The van der Waals surface area contributed by atoms with Crippen molar-refractivity contribution < 1.29 is 14.6 Å². The molecule has 0 aliphatic heterocycles. The predicted molar refractivity (Wildman–Crippen MR) is 68.2 cm³/mol. The third-order valence-corrected chi connectivity index (χ3v) is 2.69. The Morgan fingerprint density at radius 2 is 1.81 bits per heavy atom. The zero-order chi connectivity index (χ0) is 12.7. The van der Waals surface area contributed by atoms with E-state index >= 15 is 0 Å². The highest BCUT2D eigenvalue weighted by atomic mass is 35.5. The summed E-state index contributed by atoms with van der Waals surface area (Å²) < 4.78 is 4.88. The van der Waals surface area contributed by atoms with E-state index in [-0.39, 0.29) is 0 Å². The molecule has 1 N–H and O–H groups in total. The van der Waals surface area contributed by atoms with Gasteiger partial charge >= 0.3 is 5.97 Å². The summed E-state index contributed by atoms with van der Waals surface area (Å²) in [7, 11) is 0.